The van der Waals surface area contributed by atoms with Gasteiger partial charge in [0, 0.05) is 18.8 Å². The summed E-state index contributed by atoms with van der Waals surface area (Å²) in [5.41, 5.74) is 1.96. The Morgan fingerprint density at radius 3 is 2.94 bits per heavy atom. The van der Waals surface area contributed by atoms with Crippen molar-refractivity contribution in [2.45, 2.75) is 26.7 Å². The Labute approximate surface area is 107 Å². The predicted octanol–water partition coefficient (Wildman–Crippen LogP) is 1.98. The normalized spacial score (nSPS) is 10.8. The van der Waals surface area contributed by atoms with Crippen LogP contribution in [-0.2, 0) is 6.42 Å². The summed E-state index contributed by atoms with van der Waals surface area (Å²) >= 11 is 0. The second-order valence-corrected chi connectivity index (χ2v) is 4.21. The molecule has 1 N–H and O–H groups in total. The lowest BCUT2D eigenvalue weighted by molar-refractivity contribution is 0.492. The van der Waals surface area contributed by atoms with Crippen molar-refractivity contribution in [2.24, 2.45) is 0 Å². The van der Waals surface area contributed by atoms with Crippen molar-refractivity contribution in [3.05, 3.63) is 29.9 Å². The molecule has 0 atom stereocenters. The molecule has 2 heterocycles. The summed E-state index contributed by atoms with van der Waals surface area (Å²) in [5, 5.41) is 11.4. The molecule has 0 amide bonds. The van der Waals surface area contributed by atoms with Gasteiger partial charge in [-0.25, -0.2) is 0 Å². The van der Waals surface area contributed by atoms with Crippen LogP contribution in [0.15, 0.2) is 22.9 Å². The molecule has 0 bridgehead atoms. The Hall–Kier alpha value is -1.75. The summed E-state index contributed by atoms with van der Waals surface area (Å²) in [6.07, 6.45) is 5.35. The van der Waals surface area contributed by atoms with E-state index in [0.29, 0.717) is 11.8 Å². The molecule has 5 nitrogen and oxygen atoms in total. The highest BCUT2D eigenvalue weighted by atomic mass is 16.4. The predicted molar refractivity (Wildman–Crippen MR) is 69.1 cm³/mol. The first-order chi connectivity index (χ1) is 8.79. The number of pyridine rings is 1. The van der Waals surface area contributed by atoms with Crippen LogP contribution >= 0.6 is 0 Å². The third-order valence-electron chi connectivity index (χ3n) is 2.58. The van der Waals surface area contributed by atoms with Crippen molar-refractivity contribution < 1.29 is 4.42 Å². The molecule has 2 rings (SSSR count). The van der Waals surface area contributed by atoms with Crippen molar-refractivity contribution in [3.63, 3.8) is 0 Å². The van der Waals surface area contributed by atoms with E-state index in [4.69, 9.17) is 4.42 Å². The number of nitrogens with zero attached hydrogens (tertiary/aromatic N) is 3. The van der Waals surface area contributed by atoms with Gasteiger partial charge < -0.3 is 9.73 Å². The average Bonchev–Trinajstić information content (AvgIpc) is 2.83. The molecule has 0 fully saturated rings. The number of hydrogen-bond donors (Lipinski definition) is 1. The van der Waals surface area contributed by atoms with Gasteiger partial charge in [-0.05, 0) is 38.1 Å². The van der Waals surface area contributed by atoms with E-state index in [1.807, 2.05) is 13.0 Å². The van der Waals surface area contributed by atoms with Crippen LogP contribution < -0.4 is 5.32 Å². The van der Waals surface area contributed by atoms with Gasteiger partial charge in [0.1, 0.15) is 0 Å². The Balaban J connectivity index is 1.97. The van der Waals surface area contributed by atoms with Crippen molar-refractivity contribution >= 4 is 0 Å². The molecule has 0 aliphatic carbocycles. The van der Waals surface area contributed by atoms with E-state index in [-0.39, 0.29) is 0 Å². The number of hydrogen-bond acceptors (Lipinski definition) is 5. The molecular weight excluding hydrogens is 228 g/mol. The smallest absolute Gasteiger partial charge is 0.249 e. The lowest BCUT2D eigenvalue weighted by Crippen LogP contribution is -2.14. The van der Waals surface area contributed by atoms with Crippen LogP contribution in [0.1, 0.15) is 24.8 Å². The third-order valence-corrected chi connectivity index (χ3v) is 2.58. The Morgan fingerprint density at radius 1 is 1.28 bits per heavy atom. The van der Waals surface area contributed by atoms with Crippen molar-refractivity contribution in [2.75, 3.05) is 13.1 Å². The van der Waals surface area contributed by atoms with E-state index < -0.39 is 0 Å². The standard InChI is InChI=1S/C13H18N4O/c1-3-14-6-4-5-12-16-17-13(18-12)11-7-10(2)8-15-9-11/h7-9,14H,3-6H2,1-2H3. The molecule has 0 saturated heterocycles. The van der Waals surface area contributed by atoms with Gasteiger partial charge in [0.25, 0.3) is 0 Å². The third kappa shape index (κ3) is 3.37. The van der Waals surface area contributed by atoms with Crippen LogP contribution in [0, 0.1) is 6.92 Å². The van der Waals surface area contributed by atoms with E-state index >= 15 is 0 Å². The SMILES string of the molecule is CCNCCCc1nnc(-c2cncc(C)c2)o1. The fourth-order valence-electron chi connectivity index (χ4n) is 1.68. The van der Waals surface area contributed by atoms with Crippen LogP contribution in [0.2, 0.25) is 0 Å². The molecule has 0 unspecified atom stereocenters. The summed E-state index contributed by atoms with van der Waals surface area (Å²) in [6.45, 7) is 6.05. The van der Waals surface area contributed by atoms with E-state index in [1.54, 1.807) is 12.4 Å². The number of aryl methyl sites for hydroxylation is 2. The van der Waals surface area contributed by atoms with Gasteiger partial charge in [-0.1, -0.05) is 6.92 Å². The second-order valence-electron chi connectivity index (χ2n) is 4.21. The fourth-order valence-corrected chi connectivity index (χ4v) is 1.68. The van der Waals surface area contributed by atoms with Gasteiger partial charge in [0.2, 0.25) is 11.8 Å². The Kier molecular flexibility index (Phi) is 4.41. The monoisotopic (exact) mass is 246 g/mol. The highest BCUT2D eigenvalue weighted by molar-refractivity contribution is 5.51. The van der Waals surface area contributed by atoms with Gasteiger partial charge >= 0.3 is 0 Å². The van der Waals surface area contributed by atoms with Crippen LogP contribution in [0.4, 0.5) is 0 Å². The molecule has 96 valence electrons. The molecule has 0 aliphatic rings. The fraction of sp³-hybridized carbons (Fsp3) is 0.462. The van der Waals surface area contributed by atoms with Crippen LogP contribution in [0.25, 0.3) is 11.5 Å². The van der Waals surface area contributed by atoms with Crippen LogP contribution in [-0.4, -0.2) is 28.3 Å². The summed E-state index contributed by atoms with van der Waals surface area (Å²) in [5.74, 6) is 1.23. The first-order valence-electron chi connectivity index (χ1n) is 6.24. The molecular formula is C13H18N4O. The largest absolute Gasteiger partial charge is 0.421 e. The summed E-state index contributed by atoms with van der Waals surface area (Å²) < 4.78 is 5.61. The molecule has 18 heavy (non-hydrogen) atoms. The Morgan fingerprint density at radius 2 is 2.17 bits per heavy atom. The van der Waals surface area contributed by atoms with Gasteiger partial charge in [-0.15, -0.1) is 10.2 Å². The number of aromatic nitrogens is 3. The maximum Gasteiger partial charge on any atom is 0.249 e. The first kappa shape index (κ1) is 12.7. The molecule has 2 aromatic heterocycles. The summed E-state index contributed by atoms with van der Waals surface area (Å²) in [7, 11) is 0. The zero-order chi connectivity index (χ0) is 12.8. The van der Waals surface area contributed by atoms with Gasteiger partial charge in [-0.3, -0.25) is 4.98 Å². The molecule has 2 aromatic rings. The Bertz CT molecular complexity index is 495. The van der Waals surface area contributed by atoms with E-state index in [2.05, 4.69) is 27.4 Å². The van der Waals surface area contributed by atoms with Gasteiger partial charge in [0.15, 0.2) is 0 Å². The second kappa shape index (κ2) is 6.26. The highest BCUT2D eigenvalue weighted by Gasteiger charge is 2.08. The van der Waals surface area contributed by atoms with E-state index in [9.17, 15) is 0 Å². The lowest BCUT2D eigenvalue weighted by Gasteiger charge is -1.98. The van der Waals surface area contributed by atoms with Crippen molar-refractivity contribution in [3.8, 4) is 11.5 Å². The van der Waals surface area contributed by atoms with Crippen LogP contribution in [0.3, 0.4) is 0 Å². The molecule has 0 saturated carbocycles. The minimum Gasteiger partial charge on any atom is -0.421 e. The molecule has 5 heteroatoms. The highest BCUT2D eigenvalue weighted by Crippen LogP contribution is 2.17. The zero-order valence-electron chi connectivity index (χ0n) is 10.8. The molecule has 0 radical (unpaired) electrons. The maximum atomic E-state index is 5.61. The number of rotatable bonds is 6. The quantitative estimate of drug-likeness (QED) is 0.790. The minimum atomic E-state index is 0.546. The van der Waals surface area contributed by atoms with E-state index in [0.717, 1.165) is 37.1 Å². The van der Waals surface area contributed by atoms with Gasteiger partial charge in [0.05, 0.1) is 5.56 Å². The minimum absolute atomic E-state index is 0.546. The van der Waals surface area contributed by atoms with Gasteiger partial charge in [-0.2, -0.15) is 0 Å². The molecule has 0 aliphatic heterocycles. The maximum absolute atomic E-state index is 5.61. The van der Waals surface area contributed by atoms with Crippen molar-refractivity contribution in [1.29, 1.82) is 0 Å². The summed E-state index contributed by atoms with van der Waals surface area (Å²) in [6, 6.07) is 1.99. The average molecular weight is 246 g/mol. The first-order valence-corrected chi connectivity index (χ1v) is 6.24. The topological polar surface area (TPSA) is 63.8 Å². The lowest BCUT2D eigenvalue weighted by atomic mass is 10.2. The van der Waals surface area contributed by atoms with Crippen LogP contribution in [0.5, 0.6) is 0 Å². The zero-order valence-corrected chi connectivity index (χ0v) is 10.8. The number of nitrogens with one attached hydrogen (secondary N) is 1. The van der Waals surface area contributed by atoms with E-state index in [1.165, 1.54) is 0 Å². The van der Waals surface area contributed by atoms with Crippen molar-refractivity contribution in [1.82, 2.24) is 20.5 Å². The summed E-state index contributed by atoms with van der Waals surface area (Å²) in [4.78, 5) is 4.12. The molecule has 0 spiro atoms. The molecule has 0 aromatic carbocycles.